The first-order valence-corrected chi connectivity index (χ1v) is 7.67. The monoisotopic (exact) mass is 305 g/mol. The smallest absolute Gasteiger partial charge is 0.242 e. The van der Waals surface area contributed by atoms with Gasteiger partial charge in [-0.15, -0.1) is 0 Å². The number of benzene rings is 1. The van der Waals surface area contributed by atoms with Crippen molar-refractivity contribution in [3.63, 3.8) is 0 Å². The number of sulfonamides is 1. The van der Waals surface area contributed by atoms with E-state index in [1.807, 2.05) is 0 Å². The highest BCUT2D eigenvalue weighted by Gasteiger charge is 2.17. The van der Waals surface area contributed by atoms with Gasteiger partial charge in [0, 0.05) is 30.9 Å². The van der Waals surface area contributed by atoms with Gasteiger partial charge in [-0.25, -0.2) is 13.1 Å². The van der Waals surface area contributed by atoms with Gasteiger partial charge in [0.15, 0.2) is 0 Å². The van der Waals surface area contributed by atoms with Crippen molar-refractivity contribution >= 4 is 10.0 Å². The summed E-state index contributed by atoms with van der Waals surface area (Å²) in [6.07, 6.45) is 3.33. The summed E-state index contributed by atoms with van der Waals surface area (Å²) in [7, 11) is -1.92. The zero-order valence-corrected chi connectivity index (χ0v) is 12.3. The second-order valence-corrected chi connectivity index (χ2v) is 6.04. The molecular formula is C14H15N3O3S. The van der Waals surface area contributed by atoms with Gasteiger partial charge in [0.2, 0.25) is 10.0 Å². The number of nitrogens with one attached hydrogen (secondary N) is 1. The first-order chi connectivity index (χ1) is 10.0. The number of aryl methyl sites for hydroxylation is 1. The Morgan fingerprint density at radius 1 is 1.38 bits per heavy atom. The van der Waals surface area contributed by atoms with Crippen molar-refractivity contribution in [3.05, 3.63) is 47.8 Å². The third-order valence-corrected chi connectivity index (χ3v) is 4.16. The highest BCUT2D eigenvalue weighted by atomic mass is 32.2. The van der Waals surface area contributed by atoms with Crippen LogP contribution in [0.15, 0.2) is 41.6 Å². The van der Waals surface area contributed by atoms with Crippen molar-refractivity contribution in [1.82, 2.24) is 14.5 Å². The van der Waals surface area contributed by atoms with E-state index in [-0.39, 0.29) is 18.0 Å². The molecule has 0 fully saturated rings. The summed E-state index contributed by atoms with van der Waals surface area (Å²) in [6.45, 7) is -0.171. The maximum Gasteiger partial charge on any atom is 0.242 e. The van der Waals surface area contributed by atoms with E-state index in [2.05, 4.69) is 21.7 Å². The summed E-state index contributed by atoms with van der Waals surface area (Å²) in [6, 6.07) is 6.40. The second-order valence-electron chi connectivity index (χ2n) is 4.30. The van der Waals surface area contributed by atoms with Crippen molar-refractivity contribution in [2.24, 2.45) is 7.05 Å². The van der Waals surface area contributed by atoms with E-state index in [1.54, 1.807) is 42.3 Å². The molecule has 1 aromatic carbocycles. The number of nitrogens with zero attached hydrogens (tertiary/aromatic N) is 2. The molecule has 1 heterocycles. The topological polar surface area (TPSA) is 84.2 Å². The second kappa shape index (κ2) is 6.54. The largest absolute Gasteiger partial charge is 0.384 e. The molecule has 0 radical (unpaired) electrons. The molecule has 0 bridgehead atoms. The van der Waals surface area contributed by atoms with Gasteiger partial charge >= 0.3 is 0 Å². The van der Waals surface area contributed by atoms with Crippen molar-refractivity contribution < 1.29 is 13.5 Å². The molecule has 6 nitrogen and oxygen atoms in total. The van der Waals surface area contributed by atoms with Crippen LogP contribution in [-0.2, 0) is 23.6 Å². The van der Waals surface area contributed by atoms with Crippen LogP contribution in [0.5, 0.6) is 0 Å². The van der Waals surface area contributed by atoms with Crippen LogP contribution < -0.4 is 4.72 Å². The molecule has 0 unspecified atom stereocenters. The molecule has 2 aromatic rings. The van der Waals surface area contributed by atoms with E-state index in [0.717, 1.165) is 5.56 Å². The van der Waals surface area contributed by atoms with Crippen molar-refractivity contribution in [3.8, 4) is 11.8 Å². The predicted octanol–water partition coefficient (Wildman–Crippen LogP) is 0.242. The van der Waals surface area contributed by atoms with Gasteiger partial charge in [-0.3, -0.25) is 4.68 Å². The maximum absolute atomic E-state index is 12.3. The first kappa shape index (κ1) is 15.3. The summed E-state index contributed by atoms with van der Waals surface area (Å²) in [5, 5.41) is 12.7. The average molecular weight is 305 g/mol. The number of hydrogen-bond acceptors (Lipinski definition) is 4. The third kappa shape index (κ3) is 3.92. The predicted molar refractivity (Wildman–Crippen MR) is 77.6 cm³/mol. The Kier molecular flexibility index (Phi) is 4.75. The fourth-order valence-electron chi connectivity index (χ4n) is 1.76. The van der Waals surface area contributed by atoms with E-state index < -0.39 is 10.0 Å². The molecule has 0 spiro atoms. The molecule has 0 amide bonds. The van der Waals surface area contributed by atoms with Crippen LogP contribution in [0.3, 0.4) is 0 Å². The summed E-state index contributed by atoms with van der Waals surface area (Å²) in [5.41, 5.74) is 1.12. The van der Waals surface area contributed by atoms with E-state index in [1.165, 1.54) is 6.07 Å². The number of aromatic nitrogens is 2. The maximum atomic E-state index is 12.3. The Balaban J connectivity index is 2.23. The molecule has 1 aromatic heterocycles. The summed E-state index contributed by atoms with van der Waals surface area (Å²) in [5.74, 6) is 5.09. The van der Waals surface area contributed by atoms with E-state index in [9.17, 15) is 8.42 Å². The summed E-state index contributed by atoms with van der Waals surface area (Å²) >= 11 is 0. The number of aliphatic hydroxyl groups is 1. The van der Waals surface area contributed by atoms with Crippen LogP contribution in [0, 0.1) is 11.8 Å². The van der Waals surface area contributed by atoms with Crippen LogP contribution in [0.1, 0.15) is 11.1 Å². The first-order valence-electron chi connectivity index (χ1n) is 6.19. The minimum absolute atomic E-state index is 0.0924. The number of rotatable bonds is 4. The van der Waals surface area contributed by atoms with Gasteiger partial charge in [0.1, 0.15) is 6.61 Å². The van der Waals surface area contributed by atoms with Gasteiger partial charge in [-0.05, 0) is 12.1 Å². The molecule has 2 N–H and O–H groups in total. The lowest BCUT2D eigenvalue weighted by Crippen LogP contribution is -2.23. The zero-order chi connectivity index (χ0) is 15.3. The quantitative estimate of drug-likeness (QED) is 0.793. The van der Waals surface area contributed by atoms with E-state index in [0.29, 0.717) is 5.56 Å². The number of aliphatic hydroxyl groups excluding tert-OH is 1. The molecule has 110 valence electrons. The van der Waals surface area contributed by atoms with Gasteiger partial charge in [-0.1, -0.05) is 24.0 Å². The highest BCUT2D eigenvalue weighted by Crippen LogP contribution is 2.14. The molecule has 2 rings (SSSR count). The summed E-state index contributed by atoms with van der Waals surface area (Å²) < 4.78 is 28.8. The lowest BCUT2D eigenvalue weighted by atomic mass is 10.2. The van der Waals surface area contributed by atoms with Crippen LogP contribution in [0.25, 0.3) is 0 Å². The lowest BCUT2D eigenvalue weighted by Gasteiger charge is -2.07. The summed E-state index contributed by atoms with van der Waals surface area (Å²) in [4.78, 5) is 0.0924. The molecule has 0 aliphatic rings. The average Bonchev–Trinajstić information content (AvgIpc) is 2.89. The van der Waals surface area contributed by atoms with Crippen molar-refractivity contribution in [2.75, 3.05) is 6.61 Å². The molecule has 0 aliphatic carbocycles. The van der Waals surface area contributed by atoms with Gasteiger partial charge in [0.05, 0.1) is 11.1 Å². The SMILES string of the molecule is Cn1cc(CNS(=O)(=O)c2ccccc2C#CCO)cn1. The third-order valence-electron chi connectivity index (χ3n) is 2.70. The minimum atomic E-state index is -3.68. The minimum Gasteiger partial charge on any atom is -0.384 e. The van der Waals surface area contributed by atoms with Crippen LogP contribution in [-0.4, -0.2) is 29.9 Å². The standard InChI is InChI=1S/C14H15N3O3S/c1-17-11-12(9-15-17)10-16-21(19,20)14-7-3-2-5-13(14)6-4-8-18/h2-3,5,7,9,11,16,18H,8,10H2,1H3. The van der Waals surface area contributed by atoms with Crippen LogP contribution >= 0.6 is 0 Å². The van der Waals surface area contributed by atoms with E-state index in [4.69, 9.17) is 5.11 Å². The molecule has 0 saturated carbocycles. The van der Waals surface area contributed by atoms with Crippen LogP contribution in [0.2, 0.25) is 0 Å². The molecule has 0 aliphatic heterocycles. The van der Waals surface area contributed by atoms with Gasteiger partial charge < -0.3 is 5.11 Å². The molecule has 0 atom stereocenters. The Bertz CT molecular complexity index is 785. The van der Waals surface area contributed by atoms with Gasteiger partial charge in [0.25, 0.3) is 0 Å². The normalized spacial score (nSPS) is 11.0. The van der Waals surface area contributed by atoms with Crippen LogP contribution in [0.4, 0.5) is 0 Å². The fourth-order valence-corrected chi connectivity index (χ4v) is 2.94. The Morgan fingerprint density at radius 2 is 2.14 bits per heavy atom. The fraction of sp³-hybridized carbons (Fsp3) is 0.214. The Labute approximate surface area is 123 Å². The van der Waals surface area contributed by atoms with Crippen molar-refractivity contribution in [2.45, 2.75) is 11.4 Å². The molecule has 0 saturated heterocycles. The molecule has 7 heteroatoms. The lowest BCUT2D eigenvalue weighted by molar-refractivity contribution is 0.350. The highest BCUT2D eigenvalue weighted by molar-refractivity contribution is 7.89. The Hall–Kier alpha value is -2.14. The van der Waals surface area contributed by atoms with Gasteiger partial charge in [-0.2, -0.15) is 5.10 Å². The van der Waals surface area contributed by atoms with E-state index >= 15 is 0 Å². The number of hydrogen-bond donors (Lipinski definition) is 2. The Morgan fingerprint density at radius 3 is 2.81 bits per heavy atom. The molecular weight excluding hydrogens is 290 g/mol. The zero-order valence-electron chi connectivity index (χ0n) is 11.4. The molecule has 21 heavy (non-hydrogen) atoms. The van der Waals surface area contributed by atoms with Crippen molar-refractivity contribution in [1.29, 1.82) is 0 Å².